The number of carboxylic acid groups (broad SMARTS) is 1. The van der Waals surface area contributed by atoms with Crippen LogP contribution in [0.3, 0.4) is 0 Å². The molecule has 0 aliphatic carbocycles. The molecule has 0 spiro atoms. The van der Waals surface area contributed by atoms with Crippen molar-refractivity contribution in [1.29, 1.82) is 0 Å². The molecule has 0 aliphatic heterocycles. The molecule has 0 bridgehead atoms. The highest BCUT2D eigenvalue weighted by Gasteiger charge is 2.12. The second-order valence-corrected chi connectivity index (χ2v) is 6.09. The number of halogens is 1. The molecular weight excluding hydrogens is 354 g/mol. The van der Waals surface area contributed by atoms with Crippen molar-refractivity contribution < 1.29 is 19.1 Å². The first-order valence-electron chi connectivity index (χ1n) is 8.03. The van der Waals surface area contributed by atoms with Crippen molar-refractivity contribution in [3.8, 4) is 17.1 Å². The zero-order valence-electron chi connectivity index (χ0n) is 14.2. The molecule has 1 heterocycles. The van der Waals surface area contributed by atoms with Gasteiger partial charge in [0.2, 0.25) is 0 Å². The number of methoxy groups -OCH3 is 1. The summed E-state index contributed by atoms with van der Waals surface area (Å²) in [5.41, 5.74) is 1.78. The Labute approximate surface area is 156 Å². The summed E-state index contributed by atoms with van der Waals surface area (Å²) in [5.74, 6) is 1.09. The predicted octanol–water partition coefficient (Wildman–Crippen LogP) is 4.60. The average Bonchev–Trinajstić information content (AvgIpc) is 3.11. The van der Waals surface area contributed by atoms with E-state index in [0.717, 1.165) is 17.1 Å². The fourth-order valence-electron chi connectivity index (χ4n) is 2.63. The Kier molecular flexibility index (Phi) is 5.61. The Hall–Kier alpha value is -2.76. The highest BCUT2D eigenvalue weighted by Crippen LogP contribution is 2.30. The largest absolute Gasteiger partial charge is 0.496 e. The molecule has 0 atom stereocenters. The maximum atomic E-state index is 11.1. The SMILES string of the molecule is COc1ccccc1CNCc1ccc(-c2cc(C(=O)O)ccc2Cl)o1. The smallest absolute Gasteiger partial charge is 0.335 e. The van der Waals surface area contributed by atoms with E-state index >= 15 is 0 Å². The summed E-state index contributed by atoms with van der Waals surface area (Å²) >= 11 is 6.18. The molecule has 26 heavy (non-hydrogen) atoms. The lowest BCUT2D eigenvalue weighted by molar-refractivity contribution is 0.0697. The first-order chi connectivity index (χ1) is 12.6. The van der Waals surface area contributed by atoms with Gasteiger partial charge in [-0.2, -0.15) is 0 Å². The number of hydrogen-bond acceptors (Lipinski definition) is 4. The number of rotatable bonds is 7. The van der Waals surface area contributed by atoms with Gasteiger partial charge in [0.15, 0.2) is 0 Å². The second kappa shape index (κ2) is 8.08. The van der Waals surface area contributed by atoms with Crippen LogP contribution in [0.2, 0.25) is 5.02 Å². The van der Waals surface area contributed by atoms with E-state index in [1.807, 2.05) is 30.3 Å². The number of nitrogens with one attached hydrogen (secondary N) is 1. The van der Waals surface area contributed by atoms with Crippen molar-refractivity contribution in [2.75, 3.05) is 7.11 Å². The van der Waals surface area contributed by atoms with E-state index in [0.29, 0.717) is 29.4 Å². The van der Waals surface area contributed by atoms with Crippen LogP contribution in [0.5, 0.6) is 5.75 Å². The van der Waals surface area contributed by atoms with Crippen LogP contribution in [0.25, 0.3) is 11.3 Å². The standard InChI is InChI=1S/C20H18ClNO4/c1-25-18-5-3-2-4-14(18)11-22-12-15-7-9-19(26-15)16-10-13(20(23)24)6-8-17(16)21/h2-10,22H,11-12H2,1H3,(H,23,24). The third kappa shape index (κ3) is 4.07. The summed E-state index contributed by atoms with van der Waals surface area (Å²) in [6, 6.07) is 16.0. The molecule has 0 saturated heterocycles. The highest BCUT2D eigenvalue weighted by atomic mass is 35.5. The number of para-hydroxylation sites is 1. The number of hydrogen-bond donors (Lipinski definition) is 2. The van der Waals surface area contributed by atoms with Crippen molar-refractivity contribution in [2.24, 2.45) is 0 Å². The van der Waals surface area contributed by atoms with Crippen LogP contribution in [-0.4, -0.2) is 18.2 Å². The van der Waals surface area contributed by atoms with Gasteiger partial charge in [-0.05, 0) is 36.4 Å². The van der Waals surface area contributed by atoms with E-state index in [2.05, 4.69) is 5.32 Å². The molecule has 2 N–H and O–H groups in total. The third-order valence-electron chi connectivity index (χ3n) is 3.95. The van der Waals surface area contributed by atoms with Crippen LogP contribution >= 0.6 is 11.6 Å². The Morgan fingerprint density at radius 1 is 1.15 bits per heavy atom. The van der Waals surface area contributed by atoms with Crippen LogP contribution in [0.1, 0.15) is 21.7 Å². The molecule has 3 aromatic rings. The zero-order chi connectivity index (χ0) is 18.5. The van der Waals surface area contributed by atoms with Gasteiger partial charge in [0.25, 0.3) is 0 Å². The lowest BCUT2D eigenvalue weighted by Gasteiger charge is -2.08. The zero-order valence-corrected chi connectivity index (χ0v) is 14.9. The Morgan fingerprint density at radius 2 is 1.96 bits per heavy atom. The number of carbonyl (C=O) groups is 1. The summed E-state index contributed by atoms with van der Waals surface area (Å²) in [6.45, 7) is 1.16. The molecule has 1 aromatic heterocycles. The molecule has 0 fully saturated rings. The summed E-state index contributed by atoms with van der Waals surface area (Å²) in [7, 11) is 1.65. The van der Waals surface area contributed by atoms with Gasteiger partial charge in [0, 0.05) is 17.7 Å². The molecule has 134 valence electrons. The molecule has 0 saturated carbocycles. The molecule has 0 unspecified atom stereocenters. The summed E-state index contributed by atoms with van der Waals surface area (Å²) in [5, 5.41) is 12.9. The summed E-state index contributed by atoms with van der Waals surface area (Å²) < 4.78 is 11.1. The minimum atomic E-state index is -1.01. The van der Waals surface area contributed by atoms with Gasteiger partial charge in [-0.15, -0.1) is 0 Å². The maximum Gasteiger partial charge on any atom is 0.335 e. The fourth-order valence-corrected chi connectivity index (χ4v) is 2.84. The number of benzene rings is 2. The molecule has 0 amide bonds. The predicted molar refractivity (Wildman–Crippen MR) is 99.7 cm³/mol. The molecular formula is C20H18ClNO4. The lowest BCUT2D eigenvalue weighted by atomic mass is 10.1. The van der Waals surface area contributed by atoms with Crippen molar-refractivity contribution in [2.45, 2.75) is 13.1 Å². The molecule has 6 heteroatoms. The maximum absolute atomic E-state index is 11.1. The van der Waals surface area contributed by atoms with E-state index < -0.39 is 5.97 Å². The number of ether oxygens (including phenoxy) is 1. The molecule has 5 nitrogen and oxygen atoms in total. The quantitative estimate of drug-likeness (QED) is 0.635. The van der Waals surface area contributed by atoms with Gasteiger partial charge in [0.05, 0.1) is 24.2 Å². The number of aromatic carboxylic acids is 1. The number of furan rings is 1. The third-order valence-corrected chi connectivity index (χ3v) is 4.28. The van der Waals surface area contributed by atoms with E-state index in [1.165, 1.54) is 12.1 Å². The van der Waals surface area contributed by atoms with Crippen molar-refractivity contribution in [3.63, 3.8) is 0 Å². The van der Waals surface area contributed by atoms with Crippen LogP contribution in [0.15, 0.2) is 59.0 Å². The van der Waals surface area contributed by atoms with Gasteiger partial charge >= 0.3 is 5.97 Å². The topological polar surface area (TPSA) is 71.7 Å². The summed E-state index contributed by atoms with van der Waals surface area (Å²) in [4.78, 5) is 11.1. The lowest BCUT2D eigenvalue weighted by Crippen LogP contribution is -2.12. The van der Waals surface area contributed by atoms with Crippen LogP contribution in [0.4, 0.5) is 0 Å². The van der Waals surface area contributed by atoms with Gasteiger partial charge in [-0.3, -0.25) is 0 Å². The van der Waals surface area contributed by atoms with Gasteiger partial charge in [0.1, 0.15) is 17.3 Å². The van der Waals surface area contributed by atoms with Crippen molar-refractivity contribution in [3.05, 3.63) is 76.5 Å². The Balaban J connectivity index is 1.69. The fraction of sp³-hybridized carbons (Fsp3) is 0.150. The van der Waals surface area contributed by atoms with Gasteiger partial charge in [-0.25, -0.2) is 4.79 Å². The molecule has 0 radical (unpaired) electrons. The van der Waals surface area contributed by atoms with Crippen LogP contribution in [0, 0.1) is 0 Å². The van der Waals surface area contributed by atoms with E-state index in [9.17, 15) is 4.79 Å². The minimum absolute atomic E-state index is 0.164. The first-order valence-corrected chi connectivity index (χ1v) is 8.41. The van der Waals surface area contributed by atoms with Crippen LogP contribution < -0.4 is 10.1 Å². The molecule has 0 aliphatic rings. The van der Waals surface area contributed by atoms with Gasteiger partial charge < -0.3 is 19.6 Å². The first kappa shape index (κ1) is 18.0. The van der Waals surface area contributed by atoms with E-state index in [4.69, 9.17) is 25.9 Å². The van der Waals surface area contributed by atoms with Crippen LogP contribution in [-0.2, 0) is 13.1 Å². The van der Waals surface area contributed by atoms with Crippen molar-refractivity contribution >= 4 is 17.6 Å². The minimum Gasteiger partial charge on any atom is -0.496 e. The van der Waals surface area contributed by atoms with E-state index in [-0.39, 0.29) is 5.56 Å². The average molecular weight is 372 g/mol. The van der Waals surface area contributed by atoms with Gasteiger partial charge in [-0.1, -0.05) is 29.8 Å². The Morgan fingerprint density at radius 3 is 2.73 bits per heavy atom. The normalized spacial score (nSPS) is 10.7. The molecule has 2 aromatic carbocycles. The Bertz CT molecular complexity index is 920. The van der Waals surface area contributed by atoms with Crippen molar-refractivity contribution in [1.82, 2.24) is 5.32 Å². The monoisotopic (exact) mass is 371 g/mol. The number of carboxylic acids is 1. The second-order valence-electron chi connectivity index (χ2n) is 5.68. The molecule has 3 rings (SSSR count). The summed E-state index contributed by atoms with van der Waals surface area (Å²) in [6.07, 6.45) is 0. The highest BCUT2D eigenvalue weighted by molar-refractivity contribution is 6.33. The van der Waals surface area contributed by atoms with E-state index in [1.54, 1.807) is 19.2 Å².